The van der Waals surface area contributed by atoms with Gasteiger partial charge in [-0.05, 0) is 113 Å². The summed E-state index contributed by atoms with van der Waals surface area (Å²) in [6.07, 6.45) is 3.80. The van der Waals surface area contributed by atoms with Crippen LogP contribution in [0.25, 0.3) is 12.2 Å². The topological polar surface area (TPSA) is 188 Å². The second-order valence-corrected chi connectivity index (χ2v) is 12.3. The van der Waals surface area contributed by atoms with Crippen LogP contribution in [0.5, 0.6) is 0 Å². The summed E-state index contributed by atoms with van der Waals surface area (Å²) in [5.74, 6) is -1.95. The number of carboxylic acids is 2. The van der Waals surface area contributed by atoms with E-state index >= 15 is 0 Å². The first kappa shape index (κ1) is 33.5. The number of aromatic amines is 1. The number of aromatic nitrogens is 1. The summed E-state index contributed by atoms with van der Waals surface area (Å²) in [7, 11) is 0. The fraction of sp³-hybridized carbons (Fsp3) is 0.361. The van der Waals surface area contributed by atoms with E-state index in [9.17, 15) is 35.1 Å². The maximum absolute atomic E-state index is 11.6. The summed E-state index contributed by atoms with van der Waals surface area (Å²) in [4.78, 5) is 41.4. The third kappa shape index (κ3) is 6.16. The molecule has 11 nitrogen and oxygen atoms in total. The number of aliphatic carboxylic acids is 2. The predicted molar refractivity (Wildman–Crippen MR) is 181 cm³/mol. The Morgan fingerprint density at radius 2 is 1.32 bits per heavy atom. The number of aliphatic imine (C=N–C) groups is 3. The van der Waals surface area contributed by atoms with Crippen LogP contribution in [0.1, 0.15) is 83.3 Å². The molecule has 5 rings (SSSR count). The number of nitrogens with zero attached hydrogens (tertiary/aromatic N) is 3. The van der Waals surface area contributed by atoms with Gasteiger partial charge in [0.15, 0.2) is 0 Å². The summed E-state index contributed by atoms with van der Waals surface area (Å²) in [5.41, 5.74) is 9.96. The summed E-state index contributed by atoms with van der Waals surface area (Å²) >= 11 is 0. The third-order valence-electron chi connectivity index (χ3n) is 9.07. The van der Waals surface area contributed by atoms with E-state index in [-0.39, 0.29) is 31.4 Å². The third-order valence-corrected chi connectivity index (χ3v) is 9.07. The number of hydrogen-bond donors (Lipinski definition) is 6. The number of rotatable bonds is 8. The average Bonchev–Trinajstić information content (AvgIpc) is 3.64. The summed E-state index contributed by atoms with van der Waals surface area (Å²) in [6, 6.07) is 0. The fourth-order valence-electron chi connectivity index (χ4n) is 6.68. The number of allylic oxidation sites excluding steroid dienone is 7. The minimum Gasteiger partial charge on any atom is -0.512 e. The van der Waals surface area contributed by atoms with Gasteiger partial charge in [0.2, 0.25) is 0 Å². The number of fused-ring (bicyclic) bond motifs is 5. The second kappa shape index (κ2) is 12.7. The molecule has 0 saturated carbocycles. The van der Waals surface area contributed by atoms with Crippen LogP contribution in [0.15, 0.2) is 82.9 Å². The quantitative estimate of drug-likeness (QED) is 0.197. The average molecular weight is 641 g/mol. The van der Waals surface area contributed by atoms with Gasteiger partial charge < -0.3 is 30.5 Å². The molecule has 2 unspecified atom stereocenters. The van der Waals surface area contributed by atoms with E-state index in [1.54, 1.807) is 26.0 Å². The van der Waals surface area contributed by atoms with Crippen LogP contribution in [-0.4, -0.2) is 71.8 Å². The van der Waals surface area contributed by atoms with E-state index in [2.05, 4.69) is 4.98 Å². The maximum atomic E-state index is 11.6. The molecule has 0 aromatic carbocycles. The molecule has 0 radical (unpaired) electrons. The summed E-state index contributed by atoms with van der Waals surface area (Å²) in [5, 5.41) is 52.1. The Morgan fingerprint density at radius 3 is 1.91 bits per heavy atom. The van der Waals surface area contributed by atoms with E-state index in [4.69, 9.17) is 15.0 Å². The Morgan fingerprint density at radius 1 is 0.723 bits per heavy atom. The minimum atomic E-state index is -0.945. The van der Waals surface area contributed by atoms with Crippen LogP contribution in [0.4, 0.5) is 0 Å². The van der Waals surface area contributed by atoms with Gasteiger partial charge in [-0.15, -0.1) is 0 Å². The van der Waals surface area contributed by atoms with Gasteiger partial charge in [-0.2, -0.15) is 0 Å². The Balaban J connectivity index is 1.88. The molecule has 0 aliphatic carbocycles. The van der Waals surface area contributed by atoms with Crippen molar-refractivity contribution < 1.29 is 35.1 Å². The Labute approximate surface area is 272 Å². The number of aliphatic hydroxyl groups excluding tert-OH is 3. The molecule has 8 bridgehead atoms. The monoisotopic (exact) mass is 640 g/mol. The van der Waals surface area contributed by atoms with Crippen molar-refractivity contribution in [2.75, 3.05) is 0 Å². The number of aliphatic hydroxyl groups is 3. The minimum absolute atomic E-state index is 0.0638. The molecule has 2 atom stereocenters. The van der Waals surface area contributed by atoms with Crippen molar-refractivity contribution in [2.45, 2.75) is 86.4 Å². The molecule has 47 heavy (non-hydrogen) atoms. The van der Waals surface area contributed by atoms with Crippen molar-refractivity contribution in [3.63, 3.8) is 0 Å². The van der Waals surface area contributed by atoms with Crippen molar-refractivity contribution in [3.8, 4) is 0 Å². The molecule has 1 aromatic rings. The van der Waals surface area contributed by atoms with Gasteiger partial charge in [0.05, 0.1) is 52.0 Å². The van der Waals surface area contributed by atoms with Crippen LogP contribution >= 0.6 is 0 Å². The van der Waals surface area contributed by atoms with Gasteiger partial charge in [-0.3, -0.25) is 9.59 Å². The molecule has 1 aromatic heterocycles. The lowest BCUT2D eigenvalue weighted by Crippen LogP contribution is -2.22. The molecule has 5 heterocycles. The molecule has 4 aliphatic rings. The van der Waals surface area contributed by atoms with Crippen LogP contribution in [0.3, 0.4) is 0 Å². The lowest BCUT2D eigenvalue weighted by Gasteiger charge is -2.16. The van der Waals surface area contributed by atoms with E-state index < -0.39 is 24.1 Å². The standard InChI is InChI=1S/C36H40N4O7/c1-15-22(8-10-30(44)45)27-14-28-23(9-11-31(46)47)16(2)25(38-28)13-29-32(19(5)41)18(4)35(40-29)34(21(7)43)36-33(20(6)42)17(3)26(39-36)12-24(15)37-27/h12-14,19-20,38,41-43H,8-11H2,1-7H3,(H,44,45)(H,46,47). The first-order chi connectivity index (χ1) is 22.1. The van der Waals surface area contributed by atoms with Crippen molar-refractivity contribution in [1.29, 1.82) is 0 Å². The SMILES string of the molecule is CC(O)=C1C2=NC(=Cc3[nH]c(c(CCC(=O)O)c3C)C=C3N=C(C=C4N=C1C(C(C)O)=C4C)C(C)=C3CCC(=O)O)C(C(C)O)=C2C. The molecule has 0 spiro atoms. The smallest absolute Gasteiger partial charge is 0.303 e. The van der Waals surface area contributed by atoms with Crippen LogP contribution in [0, 0.1) is 6.92 Å². The van der Waals surface area contributed by atoms with Gasteiger partial charge in [0.25, 0.3) is 0 Å². The highest BCUT2D eigenvalue weighted by Crippen LogP contribution is 2.40. The molecule has 246 valence electrons. The Kier molecular flexibility index (Phi) is 9.07. The highest BCUT2D eigenvalue weighted by atomic mass is 16.4. The summed E-state index contributed by atoms with van der Waals surface area (Å²) in [6.45, 7) is 12.2. The lowest BCUT2D eigenvalue weighted by atomic mass is 9.89. The zero-order chi connectivity index (χ0) is 34.5. The normalized spacial score (nSPS) is 20.1. The molecule has 4 aliphatic heterocycles. The van der Waals surface area contributed by atoms with Crippen LogP contribution in [0.2, 0.25) is 0 Å². The Hall–Kier alpha value is -4.87. The molecule has 0 fully saturated rings. The van der Waals surface area contributed by atoms with Crippen LogP contribution < -0.4 is 0 Å². The summed E-state index contributed by atoms with van der Waals surface area (Å²) < 4.78 is 0. The van der Waals surface area contributed by atoms with Crippen molar-refractivity contribution in [3.05, 3.63) is 90.5 Å². The number of carboxylic acid groups (broad SMARTS) is 2. The maximum Gasteiger partial charge on any atom is 0.303 e. The number of H-pyrrole nitrogens is 1. The van der Waals surface area contributed by atoms with Crippen molar-refractivity contribution >= 4 is 41.2 Å². The van der Waals surface area contributed by atoms with E-state index in [1.807, 2.05) is 33.8 Å². The van der Waals surface area contributed by atoms with Gasteiger partial charge in [0.1, 0.15) is 5.76 Å². The van der Waals surface area contributed by atoms with E-state index in [1.165, 1.54) is 6.92 Å². The highest BCUT2D eigenvalue weighted by Gasteiger charge is 2.35. The second-order valence-electron chi connectivity index (χ2n) is 12.3. The lowest BCUT2D eigenvalue weighted by molar-refractivity contribution is -0.138. The Bertz CT molecular complexity index is 1930. The van der Waals surface area contributed by atoms with Crippen molar-refractivity contribution in [1.82, 2.24) is 4.98 Å². The molecule has 0 amide bonds. The molecule has 0 saturated heterocycles. The number of carbonyl (C=O) groups is 2. The van der Waals surface area contributed by atoms with Gasteiger partial charge in [-0.1, -0.05) is 0 Å². The van der Waals surface area contributed by atoms with Crippen molar-refractivity contribution in [2.24, 2.45) is 15.0 Å². The molecular formula is C36H40N4O7. The predicted octanol–water partition coefficient (Wildman–Crippen LogP) is 5.69. The molecule has 11 heteroatoms. The highest BCUT2D eigenvalue weighted by molar-refractivity contribution is 6.37. The van der Waals surface area contributed by atoms with E-state index in [0.717, 1.165) is 22.3 Å². The van der Waals surface area contributed by atoms with Gasteiger partial charge in [0, 0.05) is 35.4 Å². The molecule has 6 N–H and O–H groups in total. The van der Waals surface area contributed by atoms with Crippen LogP contribution in [-0.2, 0) is 16.0 Å². The van der Waals surface area contributed by atoms with Gasteiger partial charge in [-0.25, -0.2) is 15.0 Å². The largest absolute Gasteiger partial charge is 0.512 e. The van der Waals surface area contributed by atoms with Gasteiger partial charge >= 0.3 is 11.9 Å². The number of hydrogen-bond acceptors (Lipinski definition) is 8. The fourth-order valence-corrected chi connectivity index (χ4v) is 6.68. The first-order valence-corrected chi connectivity index (χ1v) is 15.6. The zero-order valence-corrected chi connectivity index (χ0v) is 27.6. The number of nitrogens with one attached hydrogen (secondary N) is 1. The van der Waals surface area contributed by atoms with E-state index in [0.29, 0.717) is 73.5 Å². The molecular weight excluding hydrogens is 600 g/mol. The zero-order valence-electron chi connectivity index (χ0n) is 27.6. The first-order valence-electron chi connectivity index (χ1n) is 15.6.